The number of hydrogen-bond donors (Lipinski definition) is 2. The highest BCUT2D eigenvalue weighted by Crippen LogP contribution is 2.26. The predicted molar refractivity (Wildman–Crippen MR) is 106 cm³/mol. The summed E-state index contributed by atoms with van der Waals surface area (Å²) in [5.74, 6) is -0.350. The number of carbonyl (C=O) groups is 1. The van der Waals surface area contributed by atoms with E-state index in [9.17, 15) is 4.79 Å². The third-order valence-electron chi connectivity index (χ3n) is 4.01. The van der Waals surface area contributed by atoms with Gasteiger partial charge in [-0.2, -0.15) is 10.2 Å². The number of aromatic amines is 1. The highest BCUT2D eigenvalue weighted by atomic mass is 32.1. The first-order chi connectivity index (χ1) is 12.7. The molecule has 0 fully saturated rings. The van der Waals surface area contributed by atoms with Crippen LogP contribution in [0.3, 0.4) is 0 Å². The van der Waals surface area contributed by atoms with Gasteiger partial charge in [-0.05, 0) is 35.9 Å². The molecule has 2 N–H and O–H groups in total. The van der Waals surface area contributed by atoms with Gasteiger partial charge in [0.15, 0.2) is 5.69 Å². The van der Waals surface area contributed by atoms with Crippen LogP contribution in [0.25, 0.3) is 21.3 Å². The Kier molecular flexibility index (Phi) is 4.33. The Morgan fingerprint density at radius 1 is 1.15 bits per heavy atom. The number of H-pyrrole nitrogens is 1. The number of aryl methyl sites for hydroxylation is 1. The van der Waals surface area contributed by atoms with Crippen molar-refractivity contribution in [2.45, 2.75) is 6.92 Å². The van der Waals surface area contributed by atoms with E-state index in [1.807, 2.05) is 61.5 Å². The number of rotatable bonds is 4. The number of hydrogen-bond acceptors (Lipinski definition) is 4. The molecule has 4 rings (SSSR count). The van der Waals surface area contributed by atoms with E-state index < -0.39 is 0 Å². The van der Waals surface area contributed by atoms with Gasteiger partial charge in [0.05, 0.1) is 16.8 Å². The van der Waals surface area contributed by atoms with E-state index in [4.69, 9.17) is 0 Å². The lowest BCUT2D eigenvalue weighted by molar-refractivity contribution is 0.0950. The molecule has 2 aromatic heterocycles. The third-order valence-corrected chi connectivity index (χ3v) is 5.04. The minimum atomic E-state index is -0.350. The highest BCUT2D eigenvalue weighted by molar-refractivity contribution is 7.15. The zero-order chi connectivity index (χ0) is 17.9. The standard InChI is InChI=1S/C20H16N4OS/c1-13-9-10-19(26-13)17-11-18(23-22-17)20(25)24-21-12-15-7-4-6-14-5-2-3-8-16(14)15/h2-12H,1H3,(H,22,23)(H,24,25)/b21-12-. The van der Waals surface area contributed by atoms with Gasteiger partial charge in [-0.15, -0.1) is 11.3 Å². The van der Waals surface area contributed by atoms with E-state index in [0.717, 1.165) is 26.9 Å². The predicted octanol–water partition coefficient (Wildman–Crippen LogP) is 4.36. The molecule has 5 nitrogen and oxygen atoms in total. The van der Waals surface area contributed by atoms with Crippen LogP contribution in [-0.2, 0) is 0 Å². The summed E-state index contributed by atoms with van der Waals surface area (Å²) in [6.45, 7) is 2.04. The first kappa shape index (κ1) is 16.2. The second-order valence-corrected chi connectivity index (χ2v) is 7.13. The minimum Gasteiger partial charge on any atom is -0.276 e. The number of hydrazone groups is 1. The topological polar surface area (TPSA) is 70.1 Å². The fourth-order valence-electron chi connectivity index (χ4n) is 2.72. The largest absolute Gasteiger partial charge is 0.291 e. The first-order valence-electron chi connectivity index (χ1n) is 8.14. The van der Waals surface area contributed by atoms with Crippen LogP contribution in [-0.4, -0.2) is 22.3 Å². The molecule has 128 valence electrons. The smallest absolute Gasteiger partial charge is 0.276 e. The second kappa shape index (κ2) is 6.93. The van der Waals surface area contributed by atoms with Gasteiger partial charge < -0.3 is 0 Å². The summed E-state index contributed by atoms with van der Waals surface area (Å²) in [4.78, 5) is 14.5. The normalized spacial score (nSPS) is 11.3. The van der Waals surface area contributed by atoms with Gasteiger partial charge in [-0.1, -0.05) is 42.5 Å². The maximum absolute atomic E-state index is 12.2. The average Bonchev–Trinajstić information content (AvgIpc) is 3.31. The lowest BCUT2D eigenvalue weighted by Crippen LogP contribution is -2.18. The van der Waals surface area contributed by atoms with Crippen LogP contribution in [0.1, 0.15) is 20.9 Å². The molecule has 0 aliphatic heterocycles. The van der Waals surface area contributed by atoms with Crippen molar-refractivity contribution < 1.29 is 4.79 Å². The Morgan fingerprint density at radius 2 is 2.00 bits per heavy atom. The lowest BCUT2D eigenvalue weighted by Gasteiger charge is -2.01. The van der Waals surface area contributed by atoms with E-state index in [-0.39, 0.29) is 5.91 Å². The highest BCUT2D eigenvalue weighted by Gasteiger charge is 2.11. The number of nitrogens with one attached hydrogen (secondary N) is 2. The summed E-state index contributed by atoms with van der Waals surface area (Å²) in [6.07, 6.45) is 1.65. The fraction of sp³-hybridized carbons (Fsp3) is 0.0500. The van der Waals surface area contributed by atoms with Crippen LogP contribution >= 0.6 is 11.3 Å². The molecule has 0 spiro atoms. The SMILES string of the molecule is Cc1ccc(-c2cc(C(=O)N/N=C\c3cccc4ccccc34)n[nH]2)s1. The monoisotopic (exact) mass is 360 g/mol. The Bertz CT molecular complexity index is 1100. The van der Waals surface area contributed by atoms with Crippen molar-refractivity contribution in [1.82, 2.24) is 15.6 Å². The average molecular weight is 360 g/mol. The van der Waals surface area contributed by atoms with Gasteiger partial charge in [-0.3, -0.25) is 9.89 Å². The van der Waals surface area contributed by atoms with Crippen molar-refractivity contribution in [1.29, 1.82) is 0 Å². The van der Waals surface area contributed by atoms with Crippen LogP contribution in [0.5, 0.6) is 0 Å². The van der Waals surface area contributed by atoms with Gasteiger partial charge in [0, 0.05) is 10.4 Å². The third kappa shape index (κ3) is 3.27. The van der Waals surface area contributed by atoms with Gasteiger partial charge >= 0.3 is 0 Å². The molecule has 0 aliphatic carbocycles. The summed E-state index contributed by atoms with van der Waals surface area (Å²) < 4.78 is 0. The van der Waals surface area contributed by atoms with Crippen LogP contribution in [0.15, 0.2) is 65.8 Å². The van der Waals surface area contributed by atoms with E-state index >= 15 is 0 Å². The molecule has 1 amide bonds. The maximum atomic E-state index is 12.2. The van der Waals surface area contributed by atoms with E-state index in [1.165, 1.54) is 4.88 Å². The Balaban J connectivity index is 1.48. The quantitative estimate of drug-likeness (QED) is 0.419. The van der Waals surface area contributed by atoms with Crippen LogP contribution in [0.4, 0.5) is 0 Å². The molecular weight excluding hydrogens is 344 g/mol. The van der Waals surface area contributed by atoms with Crippen molar-refractivity contribution in [2.24, 2.45) is 5.10 Å². The molecule has 4 aromatic rings. The van der Waals surface area contributed by atoms with Crippen molar-refractivity contribution >= 4 is 34.2 Å². The van der Waals surface area contributed by atoms with Crippen LogP contribution < -0.4 is 5.43 Å². The molecule has 0 atom stereocenters. The molecule has 2 heterocycles. The molecule has 0 radical (unpaired) electrons. The minimum absolute atomic E-state index is 0.307. The molecule has 6 heteroatoms. The lowest BCUT2D eigenvalue weighted by atomic mass is 10.1. The molecule has 0 saturated carbocycles. The summed E-state index contributed by atoms with van der Waals surface area (Å²) in [6, 6.07) is 19.8. The molecule has 2 aromatic carbocycles. The molecule has 0 saturated heterocycles. The van der Waals surface area contributed by atoms with Gasteiger partial charge in [0.2, 0.25) is 0 Å². The second-order valence-electron chi connectivity index (χ2n) is 5.84. The van der Waals surface area contributed by atoms with E-state index in [0.29, 0.717) is 5.69 Å². The number of fused-ring (bicyclic) bond motifs is 1. The van der Waals surface area contributed by atoms with Gasteiger partial charge in [0.1, 0.15) is 0 Å². The van der Waals surface area contributed by atoms with Crippen molar-refractivity contribution in [3.63, 3.8) is 0 Å². The maximum Gasteiger partial charge on any atom is 0.291 e. The Hall–Kier alpha value is -3.25. The Labute approximate surface area is 154 Å². The fourth-order valence-corrected chi connectivity index (χ4v) is 3.56. The summed E-state index contributed by atoms with van der Waals surface area (Å²) in [7, 11) is 0. The molecule has 0 aliphatic rings. The first-order valence-corrected chi connectivity index (χ1v) is 8.96. The number of nitrogens with zero attached hydrogens (tertiary/aromatic N) is 2. The number of amides is 1. The number of thiophene rings is 1. The van der Waals surface area contributed by atoms with E-state index in [1.54, 1.807) is 23.6 Å². The zero-order valence-corrected chi connectivity index (χ0v) is 14.9. The van der Waals surface area contributed by atoms with Crippen molar-refractivity contribution in [2.75, 3.05) is 0 Å². The number of aromatic nitrogens is 2. The summed E-state index contributed by atoms with van der Waals surface area (Å²) in [5.41, 5.74) is 4.61. The Morgan fingerprint density at radius 3 is 2.85 bits per heavy atom. The van der Waals surface area contributed by atoms with Crippen LogP contribution in [0, 0.1) is 6.92 Å². The summed E-state index contributed by atoms with van der Waals surface area (Å²) in [5, 5.41) is 13.3. The molecule has 0 unspecified atom stereocenters. The number of benzene rings is 2. The summed E-state index contributed by atoms with van der Waals surface area (Å²) >= 11 is 1.65. The van der Waals surface area contributed by atoms with E-state index in [2.05, 4.69) is 20.7 Å². The van der Waals surface area contributed by atoms with Gasteiger partial charge in [0.25, 0.3) is 5.91 Å². The molecule has 0 bridgehead atoms. The van der Waals surface area contributed by atoms with Crippen molar-refractivity contribution in [3.05, 3.63) is 76.8 Å². The molecule has 26 heavy (non-hydrogen) atoms. The molecular formula is C20H16N4OS. The zero-order valence-electron chi connectivity index (χ0n) is 14.1. The van der Waals surface area contributed by atoms with Crippen LogP contribution in [0.2, 0.25) is 0 Å². The van der Waals surface area contributed by atoms with Crippen molar-refractivity contribution in [3.8, 4) is 10.6 Å². The van der Waals surface area contributed by atoms with Gasteiger partial charge in [-0.25, -0.2) is 5.43 Å². The number of carbonyl (C=O) groups excluding carboxylic acids is 1.